The predicted molar refractivity (Wildman–Crippen MR) is 113 cm³/mol. The molecule has 8 heteroatoms. The fourth-order valence-electron chi connectivity index (χ4n) is 3.33. The van der Waals surface area contributed by atoms with Gasteiger partial charge in [0.1, 0.15) is 12.4 Å². The molecule has 0 saturated heterocycles. The Hall–Kier alpha value is -3.94. The lowest BCUT2D eigenvalue weighted by Crippen LogP contribution is -2.07. The van der Waals surface area contributed by atoms with Gasteiger partial charge in [-0.1, -0.05) is 30.3 Å². The first-order chi connectivity index (χ1) is 15.0. The number of benzene rings is 1. The van der Waals surface area contributed by atoms with Gasteiger partial charge >= 0.3 is 11.9 Å². The van der Waals surface area contributed by atoms with E-state index in [2.05, 4.69) is 9.84 Å². The van der Waals surface area contributed by atoms with E-state index < -0.39 is 11.9 Å². The molecule has 3 aromatic heterocycles. The fraction of sp³-hybridized carbons (Fsp3) is 0.217. The summed E-state index contributed by atoms with van der Waals surface area (Å²) in [6.07, 6.45) is 1.61. The maximum atomic E-state index is 13.0. The van der Waals surface area contributed by atoms with E-state index >= 15 is 0 Å². The van der Waals surface area contributed by atoms with Crippen molar-refractivity contribution >= 4 is 23.0 Å². The van der Waals surface area contributed by atoms with E-state index in [0.29, 0.717) is 40.2 Å². The van der Waals surface area contributed by atoms with Crippen LogP contribution in [0.25, 0.3) is 22.3 Å². The minimum atomic E-state index is -0.578. The maximum Gasteiger partial charge on any atom is 0.374 e. The number of pyridine rings is 1. The number of fused-ring (bicyclic) bond motifs is 1. The average Bonchev–Trinajstić information content (AvgIpc) is 3.39. The van der Waals surface area contributed by atoms with Gasteiger partial charge in [-0.2, -0.15) is 5.10 Å². The van der Waals surface area contributed by atoms with Crippen molar-refractivity contribution in [1.29, 1.82) is 0 Å². The van der Waals surface area contributed by atoms with Gasteiger partial charge in [-0.3, -0.25) is 0 Å². The Bertz CT molecular complexity index is 1260. The van der Waals surface area contributed by atoms with E-state index in [-0.39, 0.29) is 12.4 Å². The first kappa shape index (κ1) is 20.3. The van der Waals surface area contributed by atoms with Crippen molar-refractivity contribution in [3.05, 3.63) is 71.3 Å². The Kier molecular flexibility index (Phi) is 5.53. The maximum absolute atomic E-state index is 13.0. The summed E-state index contributed by atoms with van der Waals surface area (Å²) >= 11 is 0. The molecule has 4 aromatic rings. The molecule has 1 aromatic carbocycles. The standard InChI is InChI=1S/C23H21N3O5/c1-4-26-21-18(12-24-26)17(11-19(25-21)15-8-6-5-7-9-15)22(27)30-13-16-10-14(2)20(31-16)23(28)29-3/h5-12H,4,13H2,1-3H3. The molecule has 8 nitrogen and oxygen atoms in total. The van der Waals surface area contributed by atoms with Gasteiger partial charge in [-0.15, -0.1) is 0 Å². The summed E-state index contributed by atoms with van der Waals surface area (Å²) in [7, 11) is 1.28. The number of esters is 2. The molecule has 0 bridgehead atoms. The molecule has 0 N–H and O–H groups in total. The first-order valence-electron chi connectivity index (χ1n) is 9.78. The van der Waals surface area contributed by atoms with Gasteiger partial charge in [0, 0.05) is 17.7 Å². The zero-order valence-electron chi connectivity index (χ0n) is 17.4. The summed E-state index contributed by atoms with van der Waals surface area (Å²) in [6, 6.07) is 12.9. The van der Waals surface area contributed by atoms with Crippen molar-refractivity contribution in [3.63, 3.8) is 0 Å². The van der Waals surface area contributed by atoms with E-state index in [1.807, 2.05) is 37.3 Å². The minimum absolute atomic E-state index is 0.0930. The number of carbonyl (C=O) groups is 2. The van der Waals surface area contributed by atoms with Crippen LogP contribution in [0.15, 0.2) is 53.1 Å². The van der Waals surface area contributed by atoms with Crippen LogP contribution in [0.2, 0.25) is 0 Å². The van der Waals surface area contributed by atoms with E-state index in [1.54, 1.807) is 29.9 Å². The second-order valence-electron chi connectivity index (χ2n) is 6.91. The molecule has 0 aliphatic rings. The van der Waals surface area contributed by atoms with Gasteiger partial charge in [0.2, 0.25) is 5.76 Å². The largest absolute Gasteiger partial charge is 0.463 e. The molecule has 4 rings (SSSR count). The third-order valence-corrected chi connectivity index (χ3v) is 4.88. The summed E-state index contributed by atoms with van der Waals surface area (Å²) < 4.78 is 17.4. The molecule has 0 spiro atoms. The second kappa shape index (κ2) is 8.43. The molecule has 0 atom stereocenters. The number of aromatic nitrogens is 3. The summed E-state index contributed by atoms with van der Waals surface area (Å²) in [4.78, 5) is 29.4. The number of carbonyl (C=O) groups excluding carboxylic acids is 2. The number of hydrogen-bond acceptors (Lipinski definition) is 7. The number of nitrogens with zero attached hydrogens (tertiary/aromatic N) is 3. The second-order valence-corrected chi connectivity index (χ2v) is 6.91. The van der Waals surface area contributed by atoms with Gasteiger partial charge < -0.3 is 13.9 Å². The average molecular weight is 419 g/mol. The van der Waals surface area contributed by atoms with Crippen LogP contribution in [0.1, 0.15) is 39.2 Å². The minimum Gasteiger partial charge on any atom is -0.463 e. The molecule has 0 aliphatic heterocycles. The highest BCUT2D eigenvalue weighted by atomic mass is 16.6. The molecule has 158 valence electrons. The lowest BCUT2D eigenvalue weighted by atomic mass is 10.1. The Morgan fingerprint density at radius 3 is 2.61 bits per heavy atom. The van der Waals surface area contributed by atoms with Gasteiger partial charge in [-0.05, 0) is 26.0 Å². The molecule has 3 heterocycles. The van der Waals surface area contributed by atoms with Crippen LogP contribution in [0.4, 0.5) is 0 Å². The Morgan fingerprint density at radius 1 is 1.13 bits per heavy atom. The van der Waals surface area contributed by atoms with E-state index in [1.165, 1.54) is 7.11 Å². The summed E-state index contributed by atoms with van der Waals surface area (Å²) in [5.74, 6) is -0.668. The number of hydrogen-bond donors (Lipinski definition) is 0. The fourth-order valence-corrected chi connectivity index (χ4v) is 3.33. The number of furan rings is 1. The predicted octanol–water partition coefficient (Wildman–Crippen LogP) is 4.16. The molecule has 0 unspecified atom stereocenters. The molecule has 0 saturated carbocycles. The van der Waals surface area contributed by atoms with E-state index in [4.69, 9.17) is 14.1 Å². The summed E-state index contributed by atoms with van der Waals surface area (Å²) in [5.41, 5.74) is 3.11. The van der Waals surface area contributed by atoms with Gasteiger partial charge in [0.05, 0.1) is 30.0 Å². The molecule has 0 amide bonds. The Balaban J connectivity index is 1.66. The Labute approximate surface area is 178 Å². The highest BCUT2D eigenvalue weighted by Gasteiger charge is 2.20. The van der Waals surface area contributed by atoms with Crippen molar-refractivity contribution in [2.45, 2.75) is 27.0 Å². The number of rotatable bonds is 6. The lowest BCUT2D eigenvalue weighted by molar-refractivity contribution is 0.0440. The highest BCUT2D eigenvalue weighted by molar-refractivity contribution is 6.03. The summed E-state index contributed by atoms with van der Waals surface area (Å²) in [6.45, 7) is 4.17. The van der Waals surface area contributed by atoms with Crippen LogP contribution in [-0.4, -0.2) is 33.8 Å². The number of aryl methyl sites for hydroxylation is 2. The molecule has 0 radical (unpaired) electrons. The molecular weight excluding hydrogens is 398 g/mol. The van der Waals surface area contributed by atoms with E-state index in [9.17, 15) is 9.59 Å². The lowest BCUT2D eigenvalue weighted by Gasteiger charge is -2.08. The zero-order chi connectivity index (χ0) is 22.0. The quantitative estimate of drug-likeness (QED) is 0.433. The van der Waals surface area contributed by atoms with Crippen LogP contribution < -0.4 is 0 Å². The van der Waals surface area contributed by atoms with Gasteiger partial charge in [-0.25, -0.2) is 19.3 Å². The first-order valence-corrected chi connectivity index (χ1v) is 9.78. The van der Waals surface area contributed by atoms with Crippen molar-refractivity contribution in [2.75, 3.05) is 7.11 Å². The molecule has 31 heavy (non-hydrogen) atoms. The molecule has 0 aliphatic carbocycles. The van der Waals surface area contributed by atoms with Crippen molar-refractivity contribution < 1.29 is 23.5 Å². The van der Waals surface area contributed by atoms with E-state index in [0.717, 1.165) is 5.56 Å². The van der Waals surface area contributed by atoms with Crippen LogP contribution in [0, 0.1) is 6.92 Å². The molecule has 0 fully saturated rings. The SMILES string of the molecule is CCn1ncc2c(C(=O)OCc3cc(C)c(C(=O)OC)o3)cc(-c3ccccc3)nc21. The van der Waals surface area contributed by atoms with Crippen LogP contribution in [0.5, 0.6) is 0 Å². The summed E-state index contributed by atoms with van der Waals surface area (Å²) in [5, 5.41) is 4.94. The van der Waals surface area contributed by atoms with Crippen molar-refractivity contribution in [1.82, 2.24) is 14.8 Å². The van der Waals surface area contributed by atoms with Crippen LogP contribution in [0.3, 0.4) is 0 Å². The number of ether oxygens (including phenoxy) is 2. The third kappa shape index (κ3) is 3.92. The monoisotopic (exact) mass is 419 g/mol. The number of methoxy groups -OCH3 is 1. The van der Waals surface area contributed by atoms with Crippen LogP contribution >= 0.6 is 0 Å². The Morgan fingerprint density at radius 2 is 1.90 bits per heavy atom. The normalized spacial score (nSPS) is 10.9. The smallest absolute Gasteiger partial charge is 0.374 e. The van der Waals surface area contributed by atoms with Crippen molar-refractivity contribution in [2.24, 2.45) is 0 Å². The van der Waals surface area contributed by atoms with Crippen molar-refractivity contribution in [3.8, 4) is 11.3 Å². The van der Waals surface area contributed by atoms with Gasteiger partial charge in [0.15, 0.2) is 5.65 Å². The third-order valence-electron chi connectivity index (χ3n) is 4.88. The van der Waals surface area contributed by atoms with Crippen LogP contribution in [-0.2, 0) is 22.6 Å². The topological polar surface area (TPSA) is 96.5 Å². The zero-order valence-corrected chi connectivity index (χ0v) is 17.4. The molecular formula is C23H21N3O5. The highest BCUT2D eigenvalue weighted by Crippen LogP contribution is 2.26. The van der Waals surface area contributed by atoms with Gasteiger partial charge in [0.25, 0.3) is 0 Å².